The second kappa shape index (κ2) is 7.05. The zero-order chi connectivity index (χ0) is 18.0. The lowest BCUT2D eigenvalue weighted by atomic mass is 9.64. The van der Waals surface area contributed by atoms with Gasteiger partial charge in [0.05, 0.1) is 6.61 Å². The van der Waals surface area contributed by atoms with Crippen molar-refractivity contribution in [2.45, 2.75) is 45.5 Å². The molecule has 130 valence electrons. The highest BCUT2D eigenvalue weighted by Crippen LogP contribution is 2.43. The van der Waals surface area contributed by atoms with Crippen LogP contribution in [-0.2, 0) is 16.0 Å². The normalized spacial score (nSPS) is 21.8. The Kier molecular flexibility index (Phi) is 5.48. The Morgan fingerprint density at radius 2 is 2.04 bits per heavy atom. The molecular formula is C20H28O3Si. The van der Waals surface area contributed by atoms with E-state index in [0.717, 1.165) is 11.6 Å². The number of Topliss-reactive ketones (excluding diaryl/α,β-unsaturated/α-hetero) is 1. The maximum Gasteiger partial charge on any atom is 0.320 e. The molecule has 0 unspecified atom stereocenters. The molecule has 0 fully saturated rings. The van der Waals surface area contributed by atoms with Gasteiger partial charge in [0.2, 0.25) is 0 Å². The molecule has 1 aliphatic carbocycles. The molecule has 0 radical (unpaired) electrons. The van der Waals surface area contributed by atoms with Crippen LogP contribution >= 0.6 is 0 Å². The molecule has 3 nitrogen and oxygen atoms in total. The zero-order valence-corrected chi connectivity index (χ0v) is 16.2. The first kappa shape index (κ1) is 18.7. The van der Waals surface area contributed by atoms with Crippen LogP contribution in [-0.4, -0.2) is 26.4 Å². The summed E-state index contributed by atoms with van der Waals surface area (Å²) in [7, 11) is -1.29. The lowest BCUT2D eigenvalue weighted by Gasteiger charge is -2.38. The quantitative estimate of drug-likeness (QED) is 0.330. The average Bonchev–Trinajstić information content (AvgIpc) is 2.53. The third kappa shape index (κ3) is 3.53. The van der Waals surface area contributed by atoms with Gasteiger partial charge in [0.15, 0.2) is 5.78 Å². The van der Waals surface area contributed by atoms with Crippen molar-refractivity contribution in [1.29, 1.82) is 0 Å². The van der Waals surface area contributed by atoms with Gasteiger partial charge in [0.25, 0.3) is 0 Å². The summed E-state index contributed by atoms with van der Waals surface area (Å²) in [5, 5.41) is 0. The minimum atomic E-state index is -1.29. The molecule has 2 atom stereocenters. The molecule has 0 saturated carbocycles. The van der Waals surface area contributed by atoms with E-state index in [0.29, 0.717) is 25.0 Å². The van der Waals surface area contributed by atoms with Gasteiger partial charge in [-0.3, -0.25) is 9.59 Å². The number of esters is 1. The van der Waals surface area contributed by atoms with Crippen LogP contribution in [0.3, 0.4) is 0 Å². The van der Waals surface area contributed by atoms with E-state index >= 15 is 0 Å². The lowest BCUT2D eigenvalue weighted by Crippen LogP contribution is -2.48. The summed E-state index contributed by atoms with van der Waals surface area (Å²) in [6.07, 6.45) is 2.90. The van der Waals surface area contributed by atoms with Gasteiger partial charge >= 0.3 is 5.97 Å². The Balaban J connectivity index is 2.30. The van der Waals surface area contributed by atoms with E-state index in [1.54, 1.807) is 6.08 Å². The number of fused-ring (bicyclic) bond motifs is 1. The molecular weight excluding hydrogens is 316 g/mol. The molecule has 0 aromatic heterocycles. The minimum absolute atomic E-state index is 0.116. The molecule has 0 spiro atoms. The van der Waals surface area contributed by atoms with Gasteiger partial charge in [-0.15, -0.1) is 6.58 Å². The Bertz CT molecular complexity index is 645. The van der Waals surface area contributed by atoms with Crippen molar-refractivity contribution < 1.29 is 14.3 Å². The summed E-state index contributed by atoms with van der Waals surface area (Å²) in [6.45, 7) is 12.8. The molecule has 0 saturated heterocycles. The summed E-state index contributed by atoms with van der Waals surface area (Å²) in [6, 6.07) is 8.47. The largest absolute Gasteiger partial charge is 0.465 e. The Hall–Kier alpha value is -1.68. The number of carbonyl (C=O) groups excluding carboxylic acids is 2. The fourth-order valence-corrected chi connectivity index (χ4v) is 3.95. The maximum atomic E-state index is 13.2. The Morgan fingerprint density at radius 1 is 1.38 bits per heavy atom. The van der Waals surface area contributed by atoms with Gasteiger partial charge in [-0.2, -0.15) is 0 Å². The first-order valence-corrected chi connectivity index (χ1v) is 12.4. The summed E-state index contributed by atoms with van der Waals surface area (Å²) in [4.78, 5) is 26.2. The molecule has 1 aliphatic rings. The highest BCUT2D eigenvalue weighted by Gasteiger charge is 2.52. The monoisotopic (exact) mass is 344 g/mol. The van der Waals surface area contributed by atoms with Crippen molar-refractivity contribution in [3.8, 4) is 0 Å². The van der Waals surface area contributed by atoms with Gasteiger partial charge in [-0.05, 0) is 30.4 Å². The van der Waals surface area contributed by atoms with Crippen LogP contribution < -0.4 is 0 Å². The molecule has 24 heavy (non-hydrogen) atoms. The number of hydrogen-bond acceptors (Lipinski definition) is 3. The van der Waals surface area contributed by atoms with Crippen LogP contribution in [0, 0.1) is 11.3 Å². The van der Waals surface area contributed by atoms with E-state index in [2.05, 4.69) is 26.2 Å². The van der Waals surface area contributed by atoms with Crippen LogP contribution in [0.15, 0.2) is 36.9 Å². The first-order valence-electron chi connectivity index (χ1n) is 8.65. The zero-order valence-electron chi connectivity index (χ0n) is 15.2. The molecule has 2 rings (SSSR count). The highest BCUT2D eigenvalue weighted by molar-refractivity contribution is 6.76. The number of rotatable bonds is 6. The van der Waals surface area contributed by atoms with Crippen LogP contribution in [0.25, 0.3) is 0 Å². The molecule has 1 aromatic rings. The van der Waals surface area contributed by atoms with Crippen LogP contribution in [0.5, 0.6) is 0 Å². The van der Waals surface area contributed by atoms with Crippen molar-refractivity contribution >= 4 is 19.8 Å². The third-order valence-electron chi connectivity index (χ3n) is 5.04. The van der Waals surface area contributed by atoms with Crippen LogP contribution in [0.4, 0.5) is 0 Å². The maximum absolute atomic E-state index is 13.2. The van der Waals surface area contributed by atoms with Gasteiger partial charge < -0.3 is 4.74 Å². The number of carbonyl (C=O) groups is 2. The molecule has 0 heterocycles. The summed E-state index contributed by atoms with van der Waals surface area (Å²) in [5.74, 6) is -0.750. The topological polar surface area (TPSA) is 43.4 Å². The van der Waals surface area contributed by atoms with Crippen LogP contribution in [0.1, 0.15) is 29.3 Å². The van der Waals surface area contributed by atoms with Gasteiger partial charge in [-0.25, -0.2) is 0 Å². The number of aryl methyl sites for hydroxylation is 1. The van der Waals surface area contributed by atoms with E-state index < -0.39 is 13.5 Å². The predicted octanol–water partition coefficient (Wildman–Crippen LogP) is 4.51. The Morgan fingerprint density at radius 3 is 2.67 bits per heavy atom. The second-order valence-electron chi connectivity index (χ2n) is 7.93. The number of hydrogen-bond donors (Lipinski definition) is 0. The van der Waals surface area contributed by atoms with Crippen molar-refractivity contribution in [3.05, 3.63) is 48.0 Å². The minimum Gasteiger partial charge on any atom is -0.465 e. The predicted molar refractivity (Wildman–Crippen MR) is 100.0 cm³/mol. The van der Waals surface area contributed by atoms with E-state index in [4.69, 9.17) is 4.74 Å². The number of ether oxygens (including phenoxy) is 1. The van der Waals surface area contributed by atoms with Crippen LogP contribution in [0.2, 0.25) is 25.7 Å². The van der Waals surface area contributed by atoms with E-state index in [1.165, 1.54) is 0 Å². The first-order chi connectivity index (χ1) is 11.2. The van der Waals surface area contributed by atoms with Gasteiger partial charge in [-0.1, -0.05) is 56.9 Å². The smallest absolute Gasteiger partial charge is 0.320 e. The standard InChI is InChI=1S/C20H28O3Si/c1-6-15(2)20(19(22)23-13-14-24(3,4)5)12-11-16-9-7-8-10-17(16)18(20)21/h6-10,15H,1,11-14H2,2-5H3/t15-,20-/m0/s1. The summed E-state index contributed by atoms with van der Waals surface area (Å²) in [5.41, 5.74) is 0.541. The summed E-state index contributed by atoms with van der Waals surface area (Å²) < 4.78 is 5.60. The van der Waals surface area contributed by atoms with Crippen molar-refractivity contribution in [2.75, 3.05) is 6.61 Å². The van der Waals surface area contributed by atoms with Gasteiger partial charge in [0.1, 0.15) is 5.41 Å². The number of allylic oxidation sites excluding steroid dienone is 1. The fourth-order valence-electron chi connectivity index (χ4n) is 3.24. The van der Waals surface area contributed by atoms with E-state index in [1.807, 2.05) is 31.2 Å². The lowest BCUT2D eigenvalue weighted by molar-refractivity contribution is -0.154. The van der Waals surface area contributed by atoms with E-state index in [-0.39, 0.29) is 17.7 Å². The molecule has 0 bridgehead atoms. The second-order valence-corrected chi connectivity index (χ2v) is 13.5. The summed E-state index contributed by atoms with van der Waals surface area (Å²) >= 11 is 0. The SMILES string of the molecule is C=C[C@H](C)[C@@]1(C(=O)OCC[Si](C)(C)C)CCc2ccccc2C1=O. The fraction of sp³-hybridized carbons (Fsp3) is 0.500. The number of benzene rings is 1. The molecule has 0 amide bonds. The van der Waals surface area contributed by atoms with Crippen molar-refractivity contribution in [1.82, 2.24) is 0 Å². The third-order valence-corrected chi connectivity index (χ3v) is 6.74. The molecule has 1 aromatic carbocycles. The van der Waals surface area contributed by atoms with Crippen molar-refractivity contribution in [3.63, 3.8) is 0 Å². The Labute approximate surface area is 146 Å². The molecule has 4 heteroatoms. The highest BCUT2D eigenvalue weighted by atomic mass is 28.3. The molecule has 0 aliphatic heterocycles. The molecule has 0 N–H and O–H groups in total. The number of ketones is 1. The van der Waals surface area contributed by atoms with Crippen molar-refractivity contribution in [2.24, 2.45) is 11.3 Å². The van der Waals surface area contributed by atoms with E-state index in [9.17, 15) is 9.59 Å². The average molecular weight is 345 g/mol. The van der Waals surface area contributed by atoms with Gasteiger partial charge in [0, 0.05) is 13.6 Å².